The van der Waals surface area contributed by atoms with Crippen molar-refractivity contribution in [1.29, 1.82) is 5.41 Å². The minimum Gasteiger partial charge on any atom is -0.373 e. The lowest BCUT2D eigenvalue weighted by atomic mass is 9.61. The maximum atomic E-state index is 14.6. The first-order chi connectivity index (χ1) is 14.9. The first-order valence-electron chi connectivity index (χ1n) is 10.1. The van der Waals surface area contributed by atoms with Crippen molar-refractivity contribution in [3.63, 3.8) is 0 Å². The normalized spacial score (nSPS) is 24.5. The van der Waals surface area contributed by atoms with E-state index in [1.165, 1.54) is 0 Å². The largest absolute Gasteiger partial charge is 0.373 e. The first-order valence-corrected chi connectivity index (χ1v) is 10.1. The number of nitrogens with zero attached hydrogens (tertiary/aromatic N) is 3. The molecule has 3 aliphatic rings. The number of fused-ring (bicyclic) bond motifs is 3. The van der Waals surface area contributed by atoms with Gasteiger partial charge in [0, 0.05) is 18.7 Å². The van der Waals surface area contributed by atoms with Crippen molar-refractivity contribution in [2.75, 3.05) is 17.7 Å². The summed E-state index contributed by atoms with van der Waals surface area (Å²) in [5.41, 5.74) is 1.64. The minimum absolute atomic E-state index is 0.0915. The van der Waals surface area contributed by atoms with Crippen LogP contribution in [0.1, 0.15) is 37.1 Å². The van der Waals surface area contributed by atoms with Gasteiger partial charge in [-0.1, -0.05) is 0 Å². The third kappa shape index (κ3) is 3.92. The number of aromatic nitrogens is 3. The molecule has 2 aromatic rings. The Morgan fingerprint density at radius 2 is 1.84 bits per heavy atom. The molecule has 31 heavy (non-hydrogen) atoms. The molecule has 0 radical (unpaired) electrons. The maximum Gasteiger partial charge on any atom is 0.248 e. The number of hydroxylamine groups is 1. The Bertz CT molecular complexity index is 1010. The predicted octanol–water partition coefficient (Wildman–Crippen LogP) is 2.33. The molecule has 0 aromatic carbocycles. The second-order valence-electron chi connectivity index (χ2n) is 7.91. The lowest BCUT2D eigenvalue weighted by Gasteiger charge is -2.47. The van der Waals surface area contributed by atoms with Gasteiger partial charge < -0.3 is 10.6 Å². The van der Waals surface area contributed by atoms with Crippen molar-refractivity contribution >= 4 is 23.3 Å². The van der Waals surface area contributed by atoms with E-state index in [4.69, 9.17) is 5.41 Å². The summed E-state index contributed by atoms with van der Waals surface area (Å²) in [6.07, 6.45) is 5.50. The Labute approximate surface area is 177 Å². The monoisotopic (exact) mass is 431 g/mol. The molecule has 5 N–H and O–H groups in total. The predicted molar refractivity (Wildman–Crippen MR) is 108 cm³/mol. The Morgan fingerprint density at radius 1 is 1.13 bits per heavy atom. The number of halogens is 2. The molecule has 1 unspecified atom stereocenters. The zero-order valence-corrected chi connectivity index (χ0v) is 16.8. The Morgan fingerprint density at radius 3 is 2.52 bits per heavy atom. The maximum absolute atomic E-state index is 14.6. The number of amides is 1. The number of carbonyl (C=O) groups excluding carboxylic acids is 1. The molecular formula is C20H23F2N7O2. The third-order valence-corrected chi connectivity index (χ3v) is 6.26. The van der Waals surface area contributed by atoms with Crippen LogP contribution in [0, 0.1) is 34.8 Å². The van der Waals surface area contributed by atoms with Gasteiger partial charge in [-0.25, -0.2) is 29.2 Å². The van der Waals surface area contributed by atoms with E-state index in [-0.39, 0.29) is 40.6 Å². The number of nitrogens with one attached hydrogen (secondary N) is 4. The molecule has 2 heterocycles. The summed E-state index contributed by atoms with van der Waals surface area (Å²) in [5, 5.41) is 23.4. The molecule has 0 spiro atoms. The number of hydrogen-bond donors (Lipinski definition) is 5. The fraction of sp³-hybridized carbons (Fsp3) is 0.450. The van der Waals surface area contributed by atoms with Gasteiger partial charge in [-0.2, -0.15) is 0 Å². The van der Waals surface area contributed by atoms with Crippen molar-refractivity contribution in [1.82, 2.24) is 20.4 Å². The Kier molecular flexibility index (Phi) is 5.77. The first kappa shape index (κ1) is 21.0. The fourth-order valence-electron chi connectivity index (χ4n) is 4.81. The van der Waals surface area contributed by atoms with Gasteiger partial charge in [0.05, 0.1) is 18.3 Å². The van der Waals surface area contributed by atoms with Crippen LogP contribution in [0.3, 0.4) is 0 Å². The second kappa shape index (κ2) is 8.50. The van der Waals surface area contributed by atoms with Crippen LogP contribution >= 0.6 is 0 Å². The lowest BCUT2D eigenvalue weighted by Crippen LogP contribution is -2.54. The topological polar surface area (TPSA) is 136 Å². The summed E-state index contributed by atoms with van der Waals surface area (Å²) >= 11 is 0. The molecule has 3 fully saturated rings. The number of carbonyl (C=O) groups is 1. The molecule has 2 aromatic heterocycles. The van der Waals surface area contributed by atoms with Crippen LogP contribution in [0.15, 0.2) is 18.5 Å². The Balaban J connectivity index is 1.65. The van der Waals surface area contributed by atoms with Crippen molar-refractivity contribution in [3.8, 4) is 0 Å². The molecule has 2 atom stereocenters. The van der Waals surface area contributed by atoms with Crippen LogP contribution in [0.2, 0.25) is 0 Å². The molecule has 3 saturated carbocycles. The Hall–Kier alpha value is -3.21. The highest BCUT2D eigenvalue weighted by Crippen LogP contribution is 2.46. The number of hydrogen-bond acceptors (Lipinski definition) is 8. The number of pyridine rings is 1. The minimum atomic E-state index is -0.729. The van der Waals surface area contributed by atoms with Crippen LogP contribution in [0.4, 0.5) is 20.4 Å². The van der Waals surface area contributed by atoms with Crippen molar-refractivity contribution in [2.24, 2.45) is 17.8 Å². The van der Waals surface area contributed by atoms with E-state index in [0.717, 1.165) is 44.1 Å². The SMILES string of the molecule is CNc1ncc(F)cc1C(=N)c1ncc(F)c(NC2C3CCC(CC3)[C@@H]2C(=O)NO)n1. The fourth-order valence-corrected chi connectivity index (χ4v) is 4.81. The van der Waals surface area contributed by atoms with Gasteiger partial charge in [-0.3, -0.25) is 15.4 Å². The molecule has 2 bridgehead atoms. The summed E-state index contributed by atoms with van der Waals surface area (Å²) in [5.74, 6) is -2.14. The summed E-state index contributed by atoms with van der Waals surface area (Å²) in [4.78, 5) is 24.2. The van der Waals surface area contributed by atoms with Crippen molar-refractivity contribution in [2.45, 2.75) is 31.7 Å². The smallest absolute Gasteiger partial charge is 0.248 e. The zero-order chi connectivity index (χ0) is 22.1. The molecular weight excluding hydrogens is 408 g/mol. The molecule has 9 nitrogen and oxygen atoms in total. The molecule has 5 rings (SSSR count). The molecule has 164 valence electrons. The summed E-state index contributed by atoms with van der Waals surface area (Å²) in [6, 6.07) is 0.720. The average molecular weight is 431 g/mol. The third-order valence-electron chi connectivity index (χ3n) is 6.26. The molecule has 1 amide bonds. The number of anilines is 2. The van der Waals surface area contributed by atoms with E-state index < -0.39 is 29.5 Å². The van der Waals surface area contributed by atoms with Gasteiger partial charge in [-0.15, -0.1) is 0 Å². The van der Waals surface area contributed by atoms with E-state index in [0.29, 0.717) is 0 Å². The van der Waals surface area contributed by atoms with Gasteiger partial charge in [-0.05, 0) is 43.6 Å². The van der Waals surface area contributed by atoms with E-state index in [1.807, 2.05) is 0 Å². The van der Waals surface area contributed by atoms with Crippen LogP contribution in [0.5, 0.6) is 0 Å². The van der Waals surface area contributed by atoms with Crippen LogP contribution in [-0.4, -0.2) is 44.9 Å². The van der Waals surface area contributed by atoms with Crippen molar-refractivity contribution in [3.05, 3.63) is 41.5 Å². The summed E-state index contributed by atoms with van der Waals surface area (Å²) < 4.78 is 28.3. The van der Waals surface area contributed by atoms with Crippen molar-refractivity contribution < 1.29 is 18.8 Å². The highest BCUT2D eigenvalue weighted by atomic mass is 19.1. The molecule has 11 heteroatoms. The second-order valence-corrected chi connectivity index (χ2v) is 7.91. The lowest BCUT2D eigenvalue weighted by molar-refractivity contribution is -0.139. The van der Waals surface area contributed by atoms with Crippen LogP contribution < -0.4 is 16.1 Å². The van der Waals surface area contributed by atoms with Crippen LogP contribution in [-0.2, 0) is 4.79 Å². The zero-order valence-electron chi connectivity index (χ0n) is 16.8. The van der Waals surface area contributed by atoms with E-state index in [1.54, 1.807) is 12.5 Å². The summed E-state index contributed by atoms with van der Waals surface area (Å²) in [7, 11) is 1.58. The summed E-state index contributed by atoms with van der Waals surface area (Å²) in [6.45, 7) is 0. The molecule has 3 aliphatic carbocycles. The van der Waals surface area contributed by atoms with Gasteiger partial charge in [0.2, 0.25) is 5.91 Å². The molecule has 0 saturated heterocycles. The van der Waals surface area contributed by atoms with E-state index >= 15 is 0 Å². The average Bonchev–Trinajstić information content (AvgIpc) is 2.80. The van der Waals surface area contributed by atoms with Gasteiger partial charge in [0.1, 0.15) is 17.3 Å². The van der Waals surface area contributed by atoms with Gasteiger partial charge in [0.15, 0.2) is 17.5 Å². The molecule has 0 aliphatic heterocycles. The highest BCUT2D eigenvalue weighted by Gasteiger charge is 2.47. The van der Waals surface area contributed by atoms with E-state index in [9.17, 15) is 18.8 Å². The van der Waals surface area contributed by atoms with Gasteiger partial charge in [0.25, 0.3) is 0 Å². The van der Waals surface area contributed by atoms with Crippen LogP contribution in [0.25, 0.3) is 0 Å². The highest BCUT2D eigenvalue weighted by molar-refractivity contribution is 6.11. The van der Waals surface area contributed by atoms with E-state index in [2.05, 4.69) is 25.6 Å². The quantitative estimate of drug-likeness (QED) is 0.269. The number of rotatable bonds is 6. The van der Waals surface area contributed by atoms with Gasteiger partial charge >= 0.3 is 0 Å². The standard InChI is InChI=1S/C20H23F2N7O2/c1-24-17-12(6-11(21)7-25-17)15(23)19-26-8-13(22)18(28-19)27-16-10-4-2-9(3-5-10)14(16)20(30)29-31/h6-10,14,16,23,31H,2-5H2,1H3,(H,24,25)(H,29,30)(H,26,27,28)/t9?,10?,14-,16?/m0/s1.